The molecule has 0 saturated carbocycles. The molecule has 3 nitrogen and oxygen atoms in total. The molecule has 106 valence electrons. The first-order chi connectivity index (χ1) is 9.49. The summed E-state index contributed by atoms with van der Waals surface area (Å²) in [6, 6.07) is 9.69. The Morgan fingerprint density at radius 3 is 2.55 bits per heavy atom. The van der Waals surface area contributed by atoms with E-state index >= 15 is 0 Å². The van der Waals surface area contributed by atoms with Crippen LogP contribution >= 0.6 is 23.8 Å². The Morgan fingerprint density at radius 1 is 1.45 bits per heavy atom. The van der Waals surface area contributed by atoms with Gasteiger partial charge >= 0.3 is 0 Å². The fraction of sp³-hybridized carbons (Fsp3) is 0.333. The lowest BCUT2D eigenvalue weighted by Crippen LogP contribution is -2.20. The Balaban J connectivity index is 2.87. The highest BCUT2D eigenvalue weighted by molar-refractivity contribution is 7.80. The zero-order chi connectivity index (χ0) is 15.1. The molecule has 0 aliphatic rings. The number of nitrogens with zero attached hydrogens (tertiary/aromatic N) is 1. The molecule has 0 saturated heterocycles. The van der Waals surface area contributed by atoms with E-state index in [1.54, 1.807) is 0 Å². The van der Waals surface area contributed by atoms with Crippen LogP contribution in [0, 0.1) is 11.3 Å². The number of nitriles is 1. The van der Waals surface area contributed by atoms with Gasteiger partial charge in [-0.2, -0.15) is 5.26 Å². The lowest BCUT2D eigenvalue weighted by atomic mass is 10.1. The highest BCUT2D eigenvalue weighted by Gasteiger charge is 2.12. The molecular formula is C15H17ClN2OS. The summed E-state index contributed by atoms with van der Waals surface area (Å²) in [5.74, 6) is 0. The number of thiocarbonyl (C=S) groups is 1. The van der Waals surface area contributed by atoms with Gasteiger partial charge in [-0.25, -0.2) is 0 Å². The van der Waals surface area contributed by atoms with Gasteiger partial charge in [0.05, 0.1) is 6.61 Å². The largest absolute Gasteiger partial charge is 0.483 e. The quantitative estimate of drug-likeness (QED) is 0.504. The van der Waals surface area contributed by atoms with Gasteiger partial charge in [0.25, 0.3) is 0 Å². The monoisotopic (exact) mass is 308 g/mol. The number of rotatable bonds is 5. The zero-order valence-electron chi connectivity index (χ0n) is 11.7. The first-order valence-electron chi connectivity index (χ1n) is 6.29. The van der Waals surface area contributed by atoms with Crippen LogP contribution in [0.25, 0.3) is 0 Å². The predicted molar refractivity (Wildman–Crippen MR) is 85.5 cm³/mol. The van der Waals surface area contributed by atoms with Crippen molar-refractivity contribution in [1.82, 2.24) is 5.32 Å². The first-order valence-corrected chi connectivity index (χ1v) is 7.08. The molecule has 1 atom stereocenters. The third-order valence-electron chi connectivity index (χ3n) is 2.77. The molecule has 0 aliphatic carbocycles. The lowest BCUT2D eigenvalue weighted by Gasteiger charge is -2.17. The van der Waals surface area contributed by atoms with Crippen LogP contribution in [-0.4, -0.2) is 11.7 Å². The summed E-state index contributed by atoms with van der Waals surface area (Å²) in [5, 5.41) is 13.4. The summed E-state index contributed by atoms with van der Waals surface area (Å²) in [5.41, 5.74) is 2.14. The van der Waals surface area contributed by atoms with Crippen molar-refractivity contribution < 1.29 is 4.74 Å². The second-order valence-corrected chi connectivity index (χ2v) is 5.06. The molecule has 5 heteroatoms. The van der Waals surface area contributed by atoms with E-state index in [-0.39, 0.29) is 11.1 Å². The average molecular weight is 309 g/mol. The molecule has 1 rings (SSSR count). The molecule has 0 aliphatic heterocycles. The van der Waals surface area contributed by atoms with Crippen LogP contribution in [-0.2, 0) is 4.74 Å². The molecule has 20 heavy (non-hydrogen) atoms. The van der Waals surface area contributed by atoms with E-state index in [9.17, 15) is 5.26 Å². The highest BCUT2D eigenvalue weighted by atomic mass is 35.5. The van der Waals surface area contributed by atoms with Gasteiger partial charge in [0, 0.05) is 16.8 Å². The van der Waals surface area contributed by atoms with Crippen LogP contribution in [0.15, 0.2) is 35.5 Å². The number of hydrogen-bond acceptors (Lipinski definition) is 4. The summed E-state index contributed by atoms with van der Waals surface area (Å²) in [7, 11) is 0. The van der Waals surface area contributed by atoms with Crippen LogP contribution in [0.3, 0.4) is 0 Å². The molecule has 1 aromatic rings. The number of allylic oxidation sites excluding steroid dienone is 1. The molecule has 0 spiro atoms. The minimum Gasteiger partial charge on any atom is -0.483 e. The van der Waals surface area contributed by atoms with Crippen molar-refractivity contribution in [2.24, 2.45) is 0 Å². The molecule has 0 aromatic heterocycles. The van der Waals surface area contributed by atoms with Crippen molar-refractivity contribution in [2.45, 2.75) is 26.8 Å². The number of benzene rings is 1. The smallest absolute Gasteiger partial charge is 0.203 e. The van der Waals surface area contributed by atoms with Gasteiger partial charge in [-0.05, 0) is 50.7 Å². The van der Waals surface area contributed by atoms with Crippen molar-refractivity contribution in [1.29, 1.82) is 5.26 Å². The standard InChI is InChI=1S/C15H17ClN2OS/c1-4-19-15(20)14(9-17)11(3)18-10(2)12-5-7-13(16)8-6-12/h5-8,10,18H,4H2,1-3H3. The third kappa shape index (κ3) is 4.52. The van der Waals surface area contributed by atoms with Crippen LogP contribution in [0.1, 0.15) is 32.4 Å². The minimum atomic E-state index is 0.0417. The number of halogens is 1. The molecule has 0 bridgehead atoms. The van der Waals surface area contributed by atoms with Crippen LogP contribution < -0.4 is 5.32 Å². The molecular weight excluding hydrogens is 292 g/mol. The van der Waals surface area contributed by atoms with Crippen LogP contribution in [0.5, 0.6) is 0 Å². The molecule has 0 fully saturated rings. The van der Waals surface area contributed by atoms with Crippen molar-refractivity contribution in [2.75, 3.05) is 6.61 Å². The molecule has 1 aromatic carbocycles. The Bertz CT molecular complexity index is 546. The topological polar surface area (TPSA) is 45.0 Å². The number of nitrogens with one attached hydrogen (secondary N) is 1. The van der Waals surface area contributed by atoms with Gasteiger partial charge in [-0.3, -0.25) is 0 Å². The number of hydrogen-bond donors (Lipinski definition) is 1. The van der Waals surface area contributed by atoms with Crippen LogP contribution in [0.4, 0.5) is 0 Å². The Morgan fingerprint density at radius 2 is 2.05 bits per heavy atom. The maximum atomic E-state index is 9.18. The van der Waals surface area contributed by atoms with Crippen molar-refractivity contribution in [3.63, 3.8) is 0 Å². The summed E-state index contributed by atoms with van der Waals surface area (Å²) >= 11 is 10.9. The summed E-state index contributed by atoms with van der Waals surface area (Å²) in [6.07, 6.45) is 0. The van der Waals surface area contributed by atoms with Gasteiger partial charge in [0.15, 0.2) is 0 Å². The van der Waals surface area contributed by atoms with Gasteiger partial charge in [-0.15, -0.1) is 0 Å². The molecule has 0 amide bonds. The van der Waals surface area contributed by atoms with E-state index in [1.807, 2.05) is 45.0 Å². The first kappa shape index (κ1) is 16.5. The Labute approximate surface area is 130 Å². The number of ether oxygens (including phenoxy) is 1. The SMILES string of the molecule is CCOC(=S)C(C#N)=C(C)NC(C)c1ccc(Cl)cc1. The Kier molecular flexibility index (Phi) is 6.50. The fourth-order valence-electron chi connectivity index (χ4n) is 1.72. The molecule has 1 unspecified atom stereocenters. The lowest BCUT2D eigenvalue weighted by molar-refractivity contribution is 0.337. The van der Waals surface area contributed by atoms with Crippen molar-refractivity contribution in [3.05, 3.63) is 46.1 Å². The maximum Gasteiger partial charge on any atom is 0.203 e. The molecule has 0 heterocycles. The van der Waals surface area contributed by atoms with Gasteiger partial charge < -0.3 is 10.1 Å². The normalized spacial score (nSPS) is 12.9. The minimum absolute atomic E-state index is 0.0417. The summed E-state index contributed by atoms with van der Waals surface area (Å²) < 4.78 is 5.21. The van der Waals surface area contributed by atoms with E-state index in [4.69, 9.17) is 28.6 Å². The van der Waals surface area contributed by atoms with Crippen LogP contribution in [0.2, 0.25) is 5.02 Å². The second kappa shape index (κ2) is 7.88. The average Bonchev–Trinajstić information content (AvgIpc) is 2.40. The summed E-state index contributed by atoms with van der Waals surface area (Å²) in [6.45, 7) is 6.10. The zero-order valence-corrected chi connectivity index (χ0v) is 13.3. The van der Waals surface area contributed by atoms with E-state index in [0.29, 0.717) is 22.9 Å². The maximum absolute atomic E-state index is 9.18. The van der Waals surface area contributed by atoms with Gasteiger partial charge in [0.2, 0.25) is 5.05 Å². The molecule has 1 N–H and O–H groups in total. The third-order valence-corrected chi connectivity index (χ3v) is 3.34. The van der Waals surface area contributed by atoms with E-state index in [0.717, 1.165) is 5.56 Å². The predicted octanol–water partition coefficient (Wildman–Crippen LogP) is 4.15. The fourth-order valence-corrected chi connectivity index (χ4v) is 2.16. The van der Waals surface area contributed by atoms with Crippen molar-refractivity contribution >= 4 is 28.9 Å². The molecule has 0 radical (unpaired) electrons. The van der Waals surface area contributed by atoms with Crippen molar-refractivity contribution in [3.8, 4) is 6.07 Å². The second-order valence-electron chi connectivity index (χ2n) is 4.25. The van der Waals surface area contributed by atoms with Gasteiger partial charge in [-0.1, -0.05) is 23.7 Å². The van der Waals surface area contributed by atoms with E-state index in [1.165, 1.54) is 0 Å². The summed E-state index contributed by atoms with van der Waals surface area (Å²) in [4.78, 5) is 0. The van der Waals surface area contributed by atoms with Gasteiger partial charge in [0.1, 0.15) is 11.6 Å². The van der Waals surface area contributed by atoms with E-state index in [2.05, 4.69) is 11.4 Å². The Hall–Kier alpha value is -1.57. The highest BCUT2D eigenvalue weighted by Crippen LogP contribution is 2.18. The van der Waals surface area contributed by atoms with E-state index < -0.39 is 0 Å².